The van der Waals surface area contributed by atoms with Gasteiger partial charge in [-0.2, -0.15) is 0 Å². The Morgan fingerprint density at radius 1 is 1.42 bits per heavy atom. The van der Waals surface area contributed by atoms with Crippen molar-refractivity contribution >= 4 is 6.29 Å². The van der Waals surface area contributed by atoms with Crippen LogP contribution in [0.25, 0.3) is 0 Å². The van der Waals surface area contributed by atoms with Crippen molar-refractivity contribution in [1.29, 1.82) is 0 Å². The Hall–Kier alpha value is -0.370. The van der Waals surface area contributed by atoms with Crippen LogP contribution in [0.4, 0.5) is 0 Å². The van der Waals surface area contributed by atoms with Gasteiger partial charge in [-0.25, -0.2) is 0 Å². The minimum absolute atomic E-state index is 0.104. The van der Waals surface area contributed by atoms with Crippen LogP contribution in [0.15, 0.2) is 0 Å². The average molecular weight is 170 g/mol. The van der Waals surface area contributed by atoms with Gasteiger partial charge in [0, 0.05) is 0 Å². The summed E-state index contributed by atoms with van der Waals surface area (Å²) >= 11 is 0. The molecule has 70 valence electrons. The molecule has 0 heterocycles. The second-order valence-corrected chi connectivity index (χ2v) is 5.08. The van der Waals surface area contributed by atoms with Gasteiger partial charge in [0.2, 0.25) is 0 Å². The second kappa shape index (κ2) is 2.84. The molecule has 1 aliphatic rings. The van der Waals surface area contributed by atoms with E-state index in [2.05, 4.69) is 20.8 Å². The Labute approximate surface area is 74.0 Å². The van der Waals surface area contributed by atoms with E-state index in [0.717, 1.165) is 6.42 Å². The molecule has 0 spiro atoms. The molecule has 2 nitrogen and oxygen atoms in total. The van der Waals surface area contributed by atoms with E-state index in [9.17, 15) is 9.90 Å². The maximum absolute atomic E-state index is 10.7. The van der Waals surface area contributed by atoms with Crippen molar-refractivity contribution < 1.29 is 9.90 Å². The molecule has 0 saturated heterocycles. The first-order chi connectivity index (χ1) is 5.37. The SMILES string of the molecule is CC1CC(C)(C)CC(O)(C=O)C1. The van der Waals surface area contributed by atoms with Crippen LogP contribution in [0.3, 0.4) is 0 Å². The molecule has 0 aromatic carbocycles. The zero-order valence-electron chi connectivity index (χ0n) is 8.13. The van der Waals surface area contributed by atoms with Crippen molar-refractivity contribution in [1.82, 2.24) is 0 Å². The highest BCUT2D eigenvalue weighted by Crippen LogP contribution is 2.42. The predicted molar refractivity (Wildman–Crippen MR) is 47.8 cm³/mol. The molecule has 12 heavy (non-hydrogen) atoms. The van der Waals surface area contributed by atoms with E-state index in [1.165, 1.54) is 0 Å². The van der Waals surface area contributed by atoms with Gasteiger partial charge in [-0.3, -0.25) is 0 Å². The van der Waals surface area contributed by atoms with Gasteiger partial charge in [-0.05, 0) is 30.6 Å². The van der Waals surface area contributed by atoms with E-state index >= 15 is 0 Å². The fraction of sp³-hybridized carbons (Fsp3) is 0.900. The molecule has 1 aliphatic carbocycles. The highest BCUT2D eigenvalue weighted by molar-refractivity contribution is 5.62. The summed E-state index contributed by atoms with van der Waals surface area (Å²) in [7, 11) is 0. The van der Waals surface area contributed by atoms with E-state index in [1.807, 2.05) is 0 Å². The van der Waals surface area contributed by atoms with Crippen LogP contribution in [-0.4, -0.2) is 17.0 Å². The minimum Gasteiger partial charge on any atom is -0.382 e. The lowest BCUT2D eigenvalue weighted by molar-refractivity contribution is -0.134. The van der Waals surface area contributed by atoms with Crippen LogP contribution in [0.2, 0.25) is 0 Å². The molecule has 1 N–H and O–H groups in total. The second-order valence-electron chi connectivity index (χ2n) is 5.08. The van der Waals surface area contributed by atoms with Crippen LogP contribution in [0.5, 0.6) is 0 Å². The van der Waals surface area contributed by atoms with Gasteiger partial charge in [-0.1, -0.05) is 20.8 Å². The van der Waals surface area contributed by atoms with Crippen molar-refractivity contribution in [2.45, 2.75) is 45.6 Å². The summed E-state index contributed by atoms with van der Waals surface area (Å²) in [5, 5.41) is 9.82. The largest absolute Gasteiger partial charge is 0.382 e. The van der Waals surface area contributed by atoms with Crippen molar-refractivity contribution in [3.8, 4) is 0 Å². The molecular weight excluding hydrogens is 152 g/mol. The van der Waals surface area contributed by atoms with E-state index in [0.29, 0.717) is 25.0 Å². The number of aliphatic hydroxyl groups is 1. The van der Waals surface area contributed by atoms with Crippen molar-refractivity contribution in [2.24, 2.45) is 11.3 Å². The van der Waals surface area contributed by atoms with Gasteiger partial charge >= 0.3 is 0 Å². The molecule has 0 aromatic rings. The predicted octanol–water partition coefficient (Wildman–Crippen LogP) is 1.76. The maximum atomic E-state index is 10.7. The summed E-state index contributed by atoms with van der Waals surface area (Å²) in [5.74, 6) is 0.448. The Morgan fingerprint density at radius 2 is 2.00 bits per heavy atom. The smallest absolute Gasteiger partial charge is 0.151 e. The van der Waals surface area contributed by atoms with Crippen molar-refractivity contribution in [2.75, 3.05) is 0 Å². The fourth-order valence-electron chi connectivity index (χ4n) is 2.68. The van der Waals surface area contributed by atoms with Crippen LogP contribution < -0.4 is 0 Å². The van der Waals surface area contributed by atoms with E-state index in [4.69, 9.17) is 0 Å². The number of rotatable bonds is 1. The van der Waals surface area contributed by atoms with Gasteiger partial charge in [0.1, 0.15) is 5.60 Å². The molecule has 0 aromatic heterocycles. The first-order valence-corrected chi connectivity index (χ1v) is 4.56. The average Bonchev–Trinajstić information content (AvgIpc) is 1.82. The third kappa shape index (κ3) is 2.07. The van der Waals surface area contributed by atoms with E-state index in [1.54, 1.807) is 0 Å². The number of hydrogen-bond acceptors (Lipinski definition) is 2. The zero-order valence-corrected chi connectivity index (χ0v) is 8.13. The lowest BCUT2D eigenvalue weighted by Gasteiger charge is -2.41. The Bertz CT molecular complexity index is 186. The standard InChI is InChI=1S/C10H18O2/c1-8-4-9(2,3)6-10(12,5-8)7-11/h7-8,12H,4-6H2,1-3H3. The van der Waals surface area contributed by atoms with E-state index < -0.39 is 5.60 Å². The number of hydrogen-bond donors (Lipinski definition) is 1. The molecule has 1 rings (SSSR count). The van der Waals surface area contributed by atoms with Gasteiger partial charge in [-0.15, -0.1) is 0 Å². The summed E-state index contributed by atoms with van der Waals surface area (Å²) in [6.45, 7) is 6.31. The molecule has 2 unspecified atom stereocenters. The highest BCUT2D eigenvalue weighted by Gasteiger charge is 2.41. The highest BCUT2D eigenvalue weighted by atomic mass is 16.3. The van der Waals surface area contributed by atoms with Crippen LogP contribution in [0.1, 0.15) is 40.0 Å². The van der Waals surface area contributed by atoms with Crippen LogP contribution in [-0.2, 0) is 4.79 Å². The third-order valence-corrected chi connectivity index (χ3v) is 2.61. The maximum Gasteiger partial charge on any atom is 0.151 e. The molecule has 2 atom stereocenters. The molecule has 1 fully saturated rings. The molecule has 0 radical (unpaired) electrons. The summed E-state index contributed by atoms with van der Waals surface area (Å²) in [6, 6.07) is 0. The number of aldehydes is 1. The van der Waals surface area contributed by atoms with Crippen LogP contribution >= 0.6 is 0 Å². The molecule has 0 aliphatic heterocycles. The summed E-state index contributed by atoms with van der Waals surface area (Å²) in [6.07, 6.45) is 3.04. The monoisotopic (exact) mass is 170 g/mol. The Balaban J connectivity index is 2.76. The number of carbonyl (C=O) groups is 1. The summed E-state index contributed by atoms with van der Waals surface area (Å²) in [5.41, 5.74) is -0.950. The molecule has 1 saturated carbocycles. The van der Waals surface area contributed by atoms with Gasteiger partial charge in [0.15, 0.2) is 6.29 Å². The Morgan fingerprint density at radius 3 is 2.42 bits per heavy atom. The molecule has 0 bridgehead atoms. The molecule has 2 heteroatoms. The number of carbonyl (C=O) groups excluding carboxylic acids is 1. The lowest BCUT2D eigenvalue weighted by Crippen LogP contribution is -2.43. The topological polar surface area (TPSA) is 37.3 Å². The zero-order chi connectivity index (χ0) is 9.41. The van der Waals surface area contributed by atoms with Crippen molar-refractivity contribution in [3.05, 3.63) is 0 Å². The lowest BCUT2D eigenvalue weighted by atomic mass is 9.66. The van der Waals surface area contributed by atoms with Gasteiger partial charge in [0.05, 0.1) is 0 Å². The van der Waals surface area contributed by atoms with Crippen molar-refractivity contribution in [3.63, 3.8) is 0 Å². The Kier molecular flexibility index (Phi) is 2.30. The summed E-state index contributed by atoms with van der Waals surface area (Å²) < 4.78 is 0. The van der Waals surface area contributed by atoms with Crippen LogP contribution in [0, 0.1) is 11.3 Å². The minimum atomic E-state index is -1.05. The van der Waals surface area contributed by atoms with Gasteiger partial charge < -0.3 is 9.90 Å². The first kappa shape index (κ1) is 9.72. The van der Waals surface area contributed by atoms with E-state index in [-0.39, 0.29) is 5.41 Å². The van der Waals surface area contributed by atoms with Gasteiger partial charge in [0.25, 0.3) is 0 Å². The quantitative estimate of drug-likeness (QED) is 0.609. The first-order valence-electron chi connectivity index (χ1n) is 4.56. The molecule has 0 amide bonds. The molecular formula is C10H18O2. The summed E-state index contributed by atoms with van der Waals surface area (Å²) in [4.78, 5) is 10.7. The normalized spacial score (nSPS) is 40.8. The third-order valence-electron chi connectivity index (χ3n) is 2.61. The fourth-order valence-corrected chi connectivity index (χ4v) is 2.68.